The van der Waals surface area contributed by atoms with E-state index in [-0.39, 0.29) is 23.9 Å². The molecule has 3 aromatic carbocycles. The molecule has 1 saturated heterocycles. The molecule has 0 aromatic heterocycles. The summed E-state index contributed by atoms with van der Waals surface area (Å²) in [5.41, 5.74) is 6.54. The highest BCUT2D eigenvalue weighted by Gasteiger charge is 2.58. The maximum atomic E-state index is 6.27. The molecule has 6 rings (SSSR count). The molecule has 3 aromatic rings. The molecule has 0 bridgehead atoms. The van der Waals surface area contributed by atoms with E-state index in [1.165, 1.54) is 28.0 Å². The molecular formula is C31H32BNO2. The van der Waals surface area contributed by atoms with Crippen molar-refractivity contribution >= 4 is 23.9 Å². The van der Waals surface area contributed by atoms with Crippen molar-refractivity contribution in [2.75, 3.05) is 0 Å². The summed E-state index contributed by atoms with van der Waals surface area (Å²) in [5.74, 6) is 0.383. The summed E-state index contributed by atoms with van der Waals surface area (Å²) >= 11 is 0. The van der Waals surface area contributed by atoms with Gasteiger partial charge < -0.3 is 9.31 Å². The van der Waals surface area contributed by atoms with Gasteiger partial charge in [-0.25, -0.2) is 0 Å². The van der Waals surface area contributed by atoms with E-state index in [9.17, 15) is 0 Å². The Balaban J connectivity index is 1.34. The van der Waals surface area contributed by atoms with Crippen LogP contribution in [0.1, 0.15) is 57.2 Å². The van der Waals surface area contributed by atoms with Crippen LogP contribution < -0.4 is 5.46 Å². The van der Waals surface area contributed by atoms with Gasteiger partial charge in [-0.1, -0.05) is 91.0 Å². The SMILES string of the molecule is CC1(C)OB(c2ccc(C3=CCC(c4ccccc4)=NC4(c5ccccc5)CC34)cc2)OC1(C)C. The Morgan fingerprint density at radius 1 is 0.743 bits per heavy atom. The van der Waals surface area contributed by atoms with E-state index in [1.807, 2.05) is 0 Å². The lowest BCUT2D eigenvalue weighted by molar-refractivity contribution is 0.00578. The van der Waals surface area contributed by atoms with Crippen LogP contribution in [-0.2, 0) is 14.8 Å². The first-order valence-corrected chi connectivity index (χ1v) is 12.6. The van der Waals surface area contributed by atoms with Gasteiger partial charge in [-0.3, -0.25) is 4.99 Å². The van der Waals surface area contributed by atoms with E-state index >= 15 is 0 Å². The van der Waals surface area contributed by atoms with Gasteiger partial charge in [0.2, 0.25) is 0 Å². The zero-order valence-corrected chi connectivity index (χ0v) is 21.0. The largest absolute Gasteiger partial charge is 0.494 e. The highest BCUT2D eigenvalue weighted by molar-refractivity contribution is 6.62. The van der Waals surface area contributed by atoms with Crippen LogP contribution in [0.25, 0.3) is 5.57 Å². The van der Waals surface area contributed by atoms with Gasteiger partial charge in [-0.15, -0.1) is 0 Å². The third kappa shape index (κ3) is 3.80. The number of rotatable bonds is 4. The highest BCUT2D eigenvalue weighted by atomic mass is 16.7. The molecule has 0 amide bonds. The molecule has 3 aliphatic rings. The Bertz CT molecular complexity index is 1280. The molecule has 3 nitrogen and oxygen atoms in total. The Morgan fingerprint density at radius 2 is 1.34 bits per heavy atom. The van der Waals surface area contributed by atoms with Gasteiger partial charge in [0.15, 0.2) is 0 Å². The first-order chi connectivity index (χ1) is 16.8. The van der Waals surface area contributed by atoms with Crippen molar-refractivity contribution in [3.63, 3.8) is 0 Å². The van der Waals surface area contributed by atoms with E-state index in [1.54, 1.807) is 0 Å². The van der Waals surface area contributed by atoms with Crippen molar-refractivity contribution < 1.29 is 9.31 Å². The molecule has 35 heavy (non-hydrogen) atoms. The first-order valence-electron chi connectivity index (χ1n) is 12.6. The van der Waals surface area contributed by atoms with Gasteiger partial charge in [0.05, 0.1) is 16.7 Å². The molecule has 2 atom stereocenters. The normalized spacial score (nSPS) is 26.4. The van der Waals surface area contributed by atoms with Crippen molar-refractivity contribution in [1.29, 1.82) is 0 Å². The van der Waals surface area contributed by atoms with Crippen LogP contribution in [0, 0.1) is 5.92 Å². The number of hydrogen-bond acceptors (Lipinski definition) is 3. The van der Waals surface area contributed by atoms with Crippen LogP contribution in [0.2, 0.25) is 0 Å². The van der Waals surface area contributed by atoms with E-state index in [4.69, 9.17) is 14.3 Å². The molecule has 2 fully saturated rings. The fourth-order valence-corrected chi connectivity index (χ4v) is 5.43. The second-order valence-electron chi connectivity index (χ2n) is 11.0. The number of allylic oxidation sites excluding steroid dienone is 1. The standard InChI is InChI=1S/C31H32BNO2/c1-29(2)30(3,4)35-32(34-29)25-17-15-22(16-18-25)26-19-20-28(23-11-7-5-8-12-23)33-31(21-27(26)31)24-13-9-6-10-14-24/h5-19,27H,20-21H2,1-4H3. The lowest BCUT2D eigenvalue weighted by Crippen LogP contribution is -2.41. The fraction of sp³-hybridized carbons (Fsp3) is 0.323. The summed E-state index contributed by atoms with van der Waals surface area (Å²) in [6.45, 7) is 8.38. The quantitative estimate of drug-likeness (QED) is 0.435. The van der Waals surface area contributed by atoms with E-state index in [0.717, 1.165) is 18.3 Å². The zero-order valence-electron chi connectivity index (χ0n) is 21.0. The van der Waals surface area contributed by atoms with Crippen molar-refractivity contribution in [1.82, 2.24) is 0 Å². The Morgan fingerprint density at radius 3 is 1.97 bits per heavy atom. The predicted molar refractivity (Wildman–Crippen MR) is 144 cm³/mol. The maximum absolute atomic E-state index is 6.27. The van der Waals surface area contributed by atoms with Crippen molar-refractivity contribution in [2.45, 2.75) is 57.3 Å². The Kier molecular flexibility index (Phi) is 5.17. The lowest BCUT2D eigenvalue weighted by Gasteiger charge is -2.32. The molecule has 0 N–H and O–H groups in total. The topological polar surface area (TPSA) is 30.8 Å². The molecule has 0 spiro atoms. The fourth-order valence-electron chi connectivity index (χ4n) is 5.43. The summed E-state index contributed by atoms with van der Waals surface area (Å²) in [6.07, 6.45) is 4.28. The van der Waals surface area contributed by atoms with Crippen LogP contribution in [0.3, 0.4) is 0 Å². The van der Waals surface area contributed by atoms with Crippen LogP contribution in [0.15, 0.2) is 96.0 Å². The zero-order chi connectivity index (χ0) is 24.3. The molecule has 1 saturated carbocycles. The smallest absolute Gasteiger partial charge is 0.399 e. The van der Waals surface area contributed by atoms with Crippen LogP contribution in [0.4, 0.5) is 0 Å². The Labute approximate surface area is 209 Å². The van der Waals surface area contributed by atoms with Crippen molar-refractivity contribution in [3.8, 4) is 0 Å². The summed E-state index contributed by atoms with van der Waals surface area (Å²) in [4.78, 5) is 5.43. The lowest BCUT2D eigenvalue weighted by atomic mass is 9.78. The number of nitrogens with zero attached hydrogens (tertiary/aromatic N) is 1. The minimum absolute atomic E-state index is 0.181. The third-order valence-electron chi connectivity index (χ3n) is 8.31. The van der Waals surface area contributed by atoms with E-state index < -0.39 is 0 Å². The number of fused-ring (bicyclic) bond motifs is 1. The summed E-state index contributed by atoms with van der Waals surface area (Å²) in [6, 6.07) is 30.2. The number of benzene rings is 3. The molecule has 2 heterocycles. The van der Waals surface area contributed by atoms with Gasteiger partial charge in [-0.2, -0.15) is 0 Å². The maximum Gasteiger partial charge on any atom is 0.494 e. The second-order valence-corrected chi connectivity index (χ2v) is 11.0. The van der Waals surface area contributed by atoms with E-state index in [2.05, 4.69) is 119 Å². The van der Waals surface area contributed by atoms with Crippen LogP contribution >= 0.6 is 0 Å². The van der Waals surface area contributed by atoms with Crippen LogP contribution in [0.5, 0.6) is 0 Å². The summed E-state index contributed by atoms with van der Waals surface area (Å²) in [7, 11) is -0.338. The molecule has 2 aliphatic heterocycles. The predicted octanol–water partition coefficient (Wildman–Crippen LogP) is 6.18. The average molecular weight is 461 g/mol. The van der Waals surface area contributed by atoms with Gasteiger partial charge >= 0.3 is 7.12 Å². The van der Waals surface area contributed by atoms with Gasteiger partial charge in [0, 0.05) is 18.1 Å². The molecule has 2 unspecified atom stereocenters. The minimum atomic E-state index is -0.339. The summed E-state index contributed by atoms with van der Waals surface area (Å²) in [5, 5.41) is 0. The number of hydrogen-bond donors (Lipinski definition) is 0. The Hall–Kier alpha value is -2.95. The third-order valence-corrected chi connectivity index (χ3v) is 8.31. The number of aliphatic imine (C=N–C) groups is 1. The van der Waals surface area contributed by atoms with Crippen molar-refractivity contribution in [2.24, 2.45) is 10.9 Å². The molecule has 1 aliphatic carbocycles. The van der Waals surface area contributed by atoms with Gasteiger partial charge in [-0.05, 0) is 61.8 Å². The molecule has 4 heteroatoms. The molecule has 176 valence electrons. The monoisotopic (exact) mass is 461 g/mol. The van der Waals surface area contributed by atoms with Crippen molar-refractivity contribution in [3.05, 3.63) is 108 Å². The van der Waals surface area contributed by atoms with Gasteiger partial charge in [0.1, 0.15) is 0 Å². The average Bonchev–Trinajstić information content (AvgIpc) is 3.55. The molecule has 0 radical (unpaired) electrons. The van der Waals surface area contributed by atoms with E-state index in [0.29, 0.717) is 5.92 Å². The van der Waals surface area contributed by atoms with Gasteiger partial charge in [0.25, 0.3) is 0 Å². The van der Waals surface area contributed by atoms with Crippen LogP contribution in [-0.4, -0.2) is 24.0 Å². The summed E-state index contributed by atoms with van der Waals surface area (Å²) < 4.78 is 12.5. The highest BCUT2D eigenvalue weighted by Crippen LogP contribution is 2.62. The minimum Gasteiger partial charge on any atom is -0.399 e. The molecular weight excluding hydrogens is 429 g/mol. The second kappa shape index (κ2) is 8.04. The first kappa shape index (κ1) is 22.5.